The van der Waals surface area contributed by atoms with Crippen molar-refractivity contribution in [3.05, 3.63) is 63.9 Å². The highest BCUT2D eigenvalue weighted by molar-refractivity contribution is 9.10. The van der Waals surface area contributed by atoms with Crippen molar-refractivity contribution in [2.45, 2.75) is 11.0 Å². The fourth-order valence-electron chi connectivity index (χ4n) is 2.16. The minimum Gasteiger partial charge on any atom is -0.411 e. The zero-order valence-electron chi connectivity index (χ0n) is 13.1. The van der Waals surface area contributed by atoms with Gasteiger partial charge in [-0.2, -0.15) is 4.98 Å². The SMILES string of the molecule is Clc1ccc(-c2noc(CSc3nnc(-c4cccc(Br)c4)o3)n2)cc1. The van der Waals surface area contributed by atoms with E-state index in [1.807, 2.05) is 36.4 Å². The van der Waals surface area contributed by atoms with E-state index in [-0.39, 0.29) is 0 Å². The van der Waals surface area contributed by atoms with Gasteiger partial charge in [-0.25, -0.2) is 0 Å². The summed E-state index contributed by atoms with van der Waals surface area (Å²) in [7, 11) is 0. The summed E-state index contributed by atoms with van der Waals surface area (Å²) in [5.74, 6) is 1.88. The number of nitrogens with zero attached hydrogens (tertiary/aromatic N) is 4. The number of hydrogen-bond donors (Lipinski definition) is 0. The van der Waals surface area contributed by atoms with Crippen LogP contribution in [-0.2, 0) is 5.75 Å². The van der Waals surface area contributed by atoms with Gasteiger partial charge in [0.15, 0.2) is 0 Å². The number of benzene rings is 2. The van der Waals surface area contributed by atoms with E-state index in [0.717, 1.165) is 15.6 Å². The number of rotatable bonds is 5. The number of aromatic nitrogens is 4. The Bertz CT molecular complexity index is 1040. The highest BCUT2D eigenvalue weighted by Gasteiger charge is 2.13. The molecule has 26 heavy (non-hydrogen) atoms. The molecule has 0 aliphatic heterocycles. The summed E-state index contributed by atoms with van der Waals surface area (Å²) in [4.78, 5) is 4.36. The van der Waals surface area contributed by atoms with Crippen LogP contribution in [0.3, 0.4) is 0 Å². The molecule has 4 rings (SSSR count). The molecule has 0 N–H and O–H groups in total. The van der Waals surface area contributed by atoms with Crippen LogP contribution in [0.4, 0.5) is 0 Å². The van der Waals surface area contributed by atoms with Crippen LogP contribution in [0, 0.1) is 0 Å². The van der Waals surface area contributed by atoms with Crippen molar-refractivity contribution in [3.63, 3.8) is 0 Å². The fraction of sp³-hybridized carbons (Fsp3) is 0.0588. The molecular weight excluding hydrogens is 440 g/mol. The second-order valence-corrected chi connectivity index (χ2v) is 7.47. The molecule has 2 aromatic heterocycles. The summed E-state index contributed by atoms with van der Waals surface area (Å²) in [5.41, 5.74) is 1.69. The number of hydrogen-bond acceptors (Lipinski definition) is 7. The lowest BCUT2D eigenvalue weighted by Gasteiger charge is -1.95. The first kappa shape index (κ1) is 17.3. The molecule has 0 saturated heterocycles. The maximum absolute atomic E-state index is 5.88. The van der Waals surface area contributed by atoms with Crippen molar-refractivity contribution in [1.82, 2.24) is 20.3 Å². The average Bonchev–Trinajstić information content (AvgIpc) is 3.30. The molecule has 0 atom stereocenters. The highest BCUT2D eigenvalue weighted by Crippen LogP contribution is 2.27. The maximum atomic E-state index is 5.88. The Morgan fingerprint density at radius 2 is 1.88 bits per heavy atom. The normalized spacial score (nSPS) is 11.0. The Hall–Kier alpha value is -2.16. The lowest BCUT2D eigenvalue weighted by molar-refractivity contribution is 0.391. The molecule has 0 amide bonds. The predicted molar refractivity (Wildman–Crippen MR) is 102 cm³/mol. The van der Waals surface area contributed by atoms with Crippen molar-refractivity contribution < 1.29 is 8.94 Å². The Balaban J connectivity index is 1.43. The Labute approximate surface area is 166 Å². The quantitative estimate of drug-likeness (QED) is 0.372. The van der Waals surface area contributed by atoms with E-state index in [9.17, 15) is 0 Å². The van der Waals surface area contributed by atoms with Crippen LogP contribution in [-0.4, -0.2) is 20.3 Å². The lowest BCUT2D eigenvalue weighted by Crippen LogP contribution is -1.83. The third-order valence-electron chi connectivity index (χ3n) is 3.37. The topological polar surface area (TPSA) is 77.8 Å². The van der Waals surface area contributed by atoms with Gasteiger partial charge in [0.2, 0.25) is 17.6 Å². The molecule has 2 aromatic carbocycles. The zero-order valence-corrected chi connectivity index (χ0v) is 16.3. The van der Waals surface area contributed by atoms with E-state index in [1.54, 1.807) is 12.1 Å². The molecule has 0 unspecified atom stereocenters. The Morgan fingerprint density at radius 3 is 2.69 bits per heavy atom. The van der Waals surface area contributed by atoms with Crippen LogP contribution in [0.1, 0.15) is 5.89 Å². The summed E-state index contributed by atoms with van der Waals surface area (Å²) in [6, 6.07) is 14.9. The van der Waals surface area contributed by atoms with Gasteiger partial charge >= 0.3 is 0 Å². The van der Waals surface area contributed by atoms with Gasteiger partial charge in [-0.15, -0.1) is 10.2 Å². The van der Waals surface area contributed by atoms with Gasteiger partial charge in [0.1, 0.15) is 0 Å². The maximum Gasteiger partial charge on any atom is 0.277 e. The van der Waals surface area contributed by atoms with Crippen molar-refractivity contribution in [1.29, 1.82) is 0 Å². The van der Waals surface area contributed by atoms with Crippen LogP contribution in [0.5, 0.6) is 0 Å². The molecule has 6 nitrogen and oxygen atoms in total. The van der Waals surface area contributed by atoms with Gasteiger partial charge in [-0.05, 0) is 42.5 Å². The lowest BCUT2D eigenvalue weighted by atomic mass is 10.2. The van der Waals surface area contributed by atoms with E-state index < -0.39 is 0 Å². The monoisotopic (exact) mass is 448 g/mol. The summed E-state index contributed by atoms with van der Waals surface area (Å²) in [6.07, 6.45) is 0. The second kappa shape index (κ2) is 7.61. The van der Waals surface area contributed by atoms with Gasteiger partial charge in [0, 0.05) is 20.6 Å². The molecule has 0 aliphatic carbocycles. The summed E-state index contributed by atoms with van der Waals surface area (Å²) in [6.45, 7) is 0. The largest absolute Gasteiger partial charge is 0.411 e. The minimum absolute atomic E-state index is 0.431. The molecule has 0 radical (unpaired) electrons. The van der Waals surface area contributed by atoms with E-state index in [2.05, 4.69) is 36.3 Å². The first-order valence-corrected chi connectivity index (χ1v) is 9.64. The molecule has 130 valence electrons. The van der Waals surface area contributed by atoms with Crippen LogP contribution < -0.4 is 0 Å². The molecule has 2 heterocycles. The van der Waals surface area contributed by atoms with Crippen LogP contribution in [0.2, 0.25) is 5.02 Å². The Morgan fingerprint density at radius 1 is 1.04 bits per heavy atom. The van der Waals surface area contributed by atoms with Crippen molar-refractivity contribution in [2.24, 2.45) is 0 Å². The average molecular weight is 450 g/mol. The molecule has 0 spiro atoms. The molecule has 9 heteroatoms. The predicted octanol–water partition coefficient (Wildman–Crippen LogP) is 5.49. The summed E-state index contributed by atoms with van der Waals surface area (Å²) >= 11 is 10.6. The Kier molecular flexibility index (Phi) is 5.05. The molecule has 0 saturated carbocycles. The van der Waals surface area contributed by atoms with Gasteiger partial charge in [-0.3, -0.25) is 0 Å². The third kappa shape index (κ3) is 3.98. The van der Waals surface area contributed by atoms with E-state index in [0.29, 0.717) is 33.6 Å². The molecule has 4 aromatic rings. The zero-order chi connectivity index (χ0) is 17.9. The van der Waals surface area contributed by atoms with Crippen molar-refractivity contribution in [2.75, 3.05) is 0 Å². The van der Waals surface area contributed by atoms with E-state index >= 15 is 0 Å². The summed E-state index contributed by atoms with van der Waals surface area (Å²) < 4.78 is 11.9. The highest BCUT2D eigenvalue weighted by atomic mass is 79.9. The fourth-order valence-corrected chi connectivity index (χ4v) is 3.29. The van der Waals surface area contributed by atoms with Crippen molar-refractivity contribution >= 4 is 39.3 Å². The standard InChI is InChI=1S/C17H10BrClN4O2S/c18-12-3-1-2-11(8-12)16-21-22-17(24-16)26-9-14-20-15(23-25-14)10-4-6-13(19)7-5-10/h1-8H,9H2. The van der Waals surface area contributed by atoms with Crippen molar-refractivity contribution in [3.8, 4) is 22.8 Å². The van der Waals surface area contributed by atoms with Gasteiger partial charge in [-0.1, -0.05) is 50.5 Å². The first-order chi connectivity index (χ1) is 12.7. The van der Waals surface area contributed by atoms with Gasteiger partial charge in [0.25, 0.3) is 5.22 Å². The van der Waals surface area contributed by atoms with Crippen LogP contribution in [0.15, 0.2) is 67.2 Å². The van der Waals surface area contributed by atoms with E-state index in [1.165, 1.54) is 11.8 Å². The van der Waals surface area contributed by atoms with Gasteiger partial charge in [0.05, 0.1) is 5.75 Å². The molecule has 0 aliphatic rings. The second-order valence-electron chi connectivity index (χ2n) is 5.19. The van der Waals surface area contributed by atoms with Crippen LogP contribution >= 0.6 is 39.3 Å². The number of thioether (sulfide) groups is 1. The van der Waals surface area contributed by atoms with Gasteiger partial charge < -0.3 is 8.94 Å². The molecular formula is C17H10BrClN4O2S. The van der Waals surface area contributed by atoms with E-state index in [4.69, 9.17) is 20.5 Å². The first-order valence-electron chi connectivity index (χ1n) is 7.48. The smallest absolute Gasteiger partial charge is 0.277 e. The summed E-state index contributed by atoms with van der Waals surface area (Å²) in [5, 5.41) is 13.2. The third-order valence-corrected chi connectivity index (χ3v) is 4.92. The number of halogens is 2. The molecule has 0 fully saturated rings. The minimum atomic E-state index is 0.431. The molecule has 0 bridgehead atoms. The van der Waals surface area contributed by atoms with Crippen LogP contribution in [0.25, 0.3) is 22.8 Å².